The van der Waals surface area contributed by atoms with Gasteiger partial charge in [0.1, 0.15) is 0 Å². The molecule has 0 heterocycles. The summed E-state index contributed by atoms with van der Waals surface area (Å²) in [6.45, 7) is 2.23. The minimum atomic E-state index is -0.0890. The molecule has 2 rings (SSSR count). The maximum Gasteiger partial charge on any atom is 0.321 e. The number of halogens is 1. The molecule has 4 heteroatoms. The Kier molecular flexibility index (Phi) is 6.91. The Morgan fingerprint density at radius 2 is 2.00 bits per heavy atom. The molecular formula is C17H23ClO2S. The summed E-state index contributed by atoms with van der Waals surface area (Å²) in [6.07, 6.45) is 8.14. The van der Waals surface area contributed by atoms with Crippen LogP contribution in [0.25, 0.3) is 0 Å². The Morgan fingerprint density at radius 3 is 2.67 bits per heavy atom. The van der Waals surface area contributed by atoms with E-state index >= 15 is 0 Å². The molecule has 1 aromatic carbocycles. The lowest BCUT2D eigenvalue weighted by atomic mass is 9.80. The average molecular weight is 327 g/mol. The second-order valence-corrected chi connectivity index (χ2v) is 6.96. The molecular weight excluding hydrogens is 304 g/mol. The van der Waals surface area contributed by atoms with Crippen LogP contribution in [0.3, 0.4) is 0 Å². The molecule has 1 fully saturated rings. The van der Waals surface area contributed by atoms with Crippen molar-refractivity contribution >= 4 is 29.6 Å². The zero-order chi connectivity index (χ0) is 15.1. The minimum Gasteiger partial charge on any atom is -0.386 e. The Labute approximate surface area is 136 Å². The molecule has 0 saturated heterocycles. The van der Waals surface area contributed by atoms with Crippen LogP contribution >= 0.6 is 23.6 Å². The van der Waals surface area contributed by atoms with Crippen LogP contribution < -0.4 is 0 Å². The molecule has 1 aliphatic carbocycles. The maximum atomic E-state index is 12.1. The molecule has 1 aliphatic rings. The smallest absolute Gasteiger partial charge is 0.321 e. The highest BCUT2D eigenvalue weighted by molar-refractivity contribution is 7.95. The third kappa shape index (κ3) is 5.23. The van der Waals surface area contributed by atoms with Crippen LogP contribution in [0.2, 0.25) is 5.02 Å². The number of hydrogen-bond acceptors (Lipinski definition) is 3. The first-order valence-electron chi connectivity index (χ1n) is 7.83. The van der Waals surface area contributed by atoms with Gasteiger partial charge in [-0.2, -0.15) is 0 Å². The number of benzene rings is 1. The second kappa shape index (κ2) is 8.70. The van der Waals surface area contributed by atoms with E-state index in [1.54, 1.807) is 6.07 Å². The molecule has 0 spiro atoms. The number of unbranched alkanes of at least 4 members (excludes halogenated alkanes) is 1. The molecule has 0 aromatic heterocycles. The Morgan fingerprint density at radius 1 is 1.29 bits per heavy atom. The lowest BCUT2D eigenvalue weighted by Crippen LogP contribution is -2.22. The van der Waals surface area contributed by atoms with Gasteiger partial charge in [-0.15, -0.1) is 0 Å². The van der Waals surface area contributed by atoms with Gasteiger partial charge in [0.05, 0.1) is 27.9 Å². The summed E-state index contributed by atoms with van der Waals surface area (Å²) in [5.74, 6) is 0.789. The van der Waals surface area contributed by atoms with Crippen molar-refractivity contribution < 1.29 is 8.98 Å². The lowest BCUT2D eigenvalue weighted by molar-refractivity contribution is -0.138. The molecule has 2 nitrogen and oxygen atoms in total. The second-order valence-electron chi connectivity index (χ2n) is 5.78. The highest BCUT2D eigenvalue weighted by Crippen LogP contribution is 2.34. The van der Waals surface area contributed by atoms with Crippen LogP contribution in [0.15, 0.2) is 29.2 Å². The van der Waals surface area contributed by atoms with Crippen molar-refractivity contribution in [1.29, 1.82) is 0 Å². The quantitative estimate of drug-likeness (QED) is 0.610. The molecule has 1 saturated carbocycles. The third-order valence-corrected chi connectivity index (χ3v) is 5.42. The topological polar surface area (TPSA) is 26.3 Å². The molecule has 0 radical (unpaired) electrons. The van der Waals surface area contributed by atoms with Crippen molar-refractivity contribution in [3.63, 3.8) is 0 Å². The van der Waals surface area contributed by atoms with Crippen molar-refractivity contribution in [2.24, 2.45) is 11.8 Å². The lowest BCUT2D eigenvalue weighted by Gasteiger charge is -2.26. The third-order valence-electron chi connectivity index (χ3n) is 4.20. The standard InChI is InChI=1S/C17H23ClO2S/c1-2-3-6-13-9-11-14(12-10-13)17(19)20-21-16-8-5-4-7-15(16)18/h4-5,7-8,13-14H,2-3,6,9-12H2,1H3. The Bertz CT molecular complexity index is 456. The summed E-state index contributed by atoms with van der Waals surface area (Å²) >= 11 is 7.13. The largest absolute Gasteiger partial charge is 0.386 e. The van der Waals surface area contributed by atoms with Gasteiger partial charge < -0.3 is 4.18 Å². The molecule has 0 unspecified atom stereocenters. The van der Waals surface area contributed by atoms with Crippen molar-refractivity contribution in [3.8, 4) is 0 Å². The average Bonchev–Trinajstić information content (AvgIpc) is 2.52. The summed E-state index contributed by atoms with van der Waals surface area (Å²) in [4.78, 5) is 12.9. The zero-order valence-electron chi connectivity index (χ0n) is 12.5. The zero-order valence-corrected chi connectivity index (χ0v) is 14.1. The first-order valence-corrected chi connectivity index (χ1v) is 8.95. The van der Waals surface area contributed by atoms with Crippen molar-refractivity contribution in [2.75, 3.05) is 0 Å². The molecule has 0 bridgehead atoms. The SMILES string of the molecule is CCCCC1CCC(C(=O)OSc2ccccc2Cl)CC1. The fourth-order valence-corrected chi connectivity index (χ4v) is 3.67. The molecule has 116 valence electrons. The number of hydrogen-bond donors (Lipinski definition) is 0. The minimum absolute atomic E-state index is 0.0675. The summed E-state index contributed by atoms with van der Waals surface area (Å²) in [5.41, 5.74) is 0. The number of carbonyl (C=O) groups is 1. The number of carbonyl (C=O) groups excluding carboxylic acids is 1. The van der Waals surface area contributed by atoms with Gasteiger partial charge in [-0.3, -0.25) is 4.79 Å². The highest BCUT2D eigenvalue weighted by Gasteiger charge is 2.27. The molecule has 21 heavy (non-hydrogen) atoms. The van der Waals surface area contributed by atoms with Gasteiger partial charge in [-0.05, 0) is 43.7 Å². The molecule has 0 amide bonds. The Balaban J connectivity index is 1.74. The first kappa shape index (κ1) is 16.7. The van der Waals surface area contributed by atoms with E-state index < -0.39 is 0 Å². The summed E-state index contributed by atoms with van der Waals surface area (Å²) in [6, 6.07) is 7.42. The van der Waals surface area contributed by atoms with Crippen molar-refractivity contribution in [3.05, 3.63) is 29.3 Å². The van der Waals surface area contributed by atoms with E-state index in [-0.39, 0.29) is 11.9 Å². The monoisotopic (exact) mass is 326 g/mol. The van der Waals surface area contributed by atoms with Crippen LogP contribution in [0.4, 0.5) is 0 Å². The van der Waals surface area contributed by atoms with Crippen LogP contribution in [-0.4, -0.2) is 5.97 Å². The van der Waals surface area contributed by atoms with Gasteiger partial charge in [0.15, 0.2) is 0 Å². The number of rotatable bonds is 6. The van der Waals surface area contributed by atoms with E-state index in [0.29, 0.717) is 5.02 Å². The summed E-state index contributed by atoms with van der Waals surface area (Å²) < 4.78 is 5.36. The van der Waals surface area contributed by atoms with Crippen LogP contribution in [-0.2, 0) is 8.98 Å². The first-order chi connectivity index (χ1) is 10.2. The predicted octanol–water partition coefficient (Wildman–Crippen LogP) is 5.89. The van der Waals surface area contributed by atoms with E-state index in [2.05, 4.69) is 6.92 Å². The fourth-order valence-electron chi connectivity index (χ4n) is 2.85. The van der Waals surface area contributed by atoms with E-state index in [1.165, 1.54) is 19.3 Å². The van der Waals surface area contributed by atoms with Crippen LogP contribution in [0.5, 0.6) is 0 Å². The van der Waals surface area contributed by atoms with Gasteiger partial charge in [-0.25, -0.2) is 0 Å². The normalized spacial score (nSPS) is 22.0. The van der Waals surface area contributed by atoms with Gasteiger partial charge >= 0.3 is 5.97 Å². The van der Waals surface area contributed by atoms with Gasteiger partial charge in [-0.1, -0.05) is 49.9 Å². The van der Waals surface area contributed by atoms with E-state index in [1.807, 2.05) is 18.2 Å². The van der Waals surface area contributed by atoms with Crippen molar-refractivity contribution in [2.45, 2.75) is 56.8 Å². The molecule has 0 atom stereocenters. The van der Waals surface area contributed by atoms with E-state index in [4.69, 9.17) is 15.8 Å². The van der Waals surface area contributed by atoms with E-state index in [9.17, 15) is 4.79 Å². The van der Waals surface area contributed by atoms with Crippen LogP contribution in [0, 0.1) is 11.8 Å². The van der Waals surface area contributed by atoms with Crippen LogP contribution in [0.1, 0.15) is 51.9 Å². The maximum absolute atomic E-state index is 12.1. The summed E-state index contributed by atoms with van der Waals surface area (Å²) in [7, 11) is 0. The van der Waals surface area contributed by atoms with Gasteiger partial charge in [0.2, 0.25) is 0 Å². The van der Waals surface area contributed by atoms with Gasteiger partial charge in [0, 0.05) is 0 Å². The van der Waals surface area contributed by atoms with Gasteiger partial charge in [0.25, 0.3) is 0 Å². The molecule has 1 aromatic rings. The predicted molar refractivity (Wildman–Crippen MR) is 88.4 cm³/mol. The van der Waals surface area contributed by atoms with E-state index in [0.717, 1.165) is 48.5 Å². The van der Waals surface area contributed by atoms with Crippen molar-refractivity contribution in [1.82, 2.24) is 0 Å². The molecule has 0 N–H and O–H groups in total. The summed E-state index contributed by atoms with van der Waals surface area (Å²) in [5, 5.41) is 0.624. The fraction of sp³-hybridized carbons (Fsp3) is 0.588. The highest BCUT2D eigenvalue weighted by atomic mass is 35.5. The molecule has 0 aliphatic heterocycles. The Hall–Kier alpha value is -0.670.